The highest BCUT2D eigenvalue weighted by Gasteiger charge is 2.47. The molecule has 1 amide bonds. The molecular weight excluding hydrogens is 410 g/mol. The van der Waals surface area contributed by atoms with Gasteiger partial charge in [-0.15, -0.1) is 0 Å². The van der Waals surface area contributed by atoms with E-state index in [-0.39, 0.29) is 12.2 Å². The van der Waals surface area contributed by atoms with Gasteiger partial charge in [0.05, 0.1) is 5.92 Å². The molecule has 0 radical (unpaired) electrons. The largest absolute Gasteiger partial charge is 0.480 e. The van der Waals surface area contributed by atoms with Gasteiger partial charge in [0.25, 0.3) is 0 Å². The van der Waals surface area contributed by atoms with Gasteiger partial charge < -0.3 is 19.9 Å². The monoisotopic (exact) mass is 441 g/mol. The fourth-order valence-electron chi connectivity index (χ4n) is 3.38. The van der Waals surface area contributed by atoms with Crippen LogP contribution in [0.2, 0.25) is 0 Å². The van der Waals surface area contributed by atoms with Gasteiger partial charge in [-0.25, -0.2) is 9.59 Å². The summed E-state index contributed by atoms with van der Waals surface area (Å²) >= 11 is 0. The highest BCUT2D eigenvalue weighted by atomic mass is 16.6. The molecule has 0 saturated carbocycles. The SMILES string of the molecule is CC(C)(C)OC(=O)[C@H](Cc1ccccc1)C(C)(C)[C@@H](NC(=O)Oc1ccccc1)C(=O)O. The second kappa shape index (κ2) is 10.3. The predicted octanol–water partition coefficient (Wildman–Crippen LogP) is 4.46. The summed E-state index contributed by atoms with van der Waals surface area (Å²) in [4.78, 5) is 37.8. The first-order valence-corrected chi connectivity index (χ1v) is 10.4. The summed E-state index contributed by atoms with van der Waals surface area (Å²) < 4.78 is 10.8. The first-order chi connectivity index (χ1) is 14.9. The Morgan fingerprint density at radius 3 is 1.94 bits per heavy atom. The van der Waals surface area contributed by atoms with Crippen LogP contribution >= 0.6 is 0 Å². The maximum Gasteiger partial charge on any atom is 0.413 e. The Labute approximate surface area is 188 Å². The number of rotatable bonds is 8. The molecule has 7 nitrogen and oxygen atoms in total. The third-order valence-electron chi connectivity index (χ3n) is 5.08. The van der Waals surface area contributed by atoms with Gasteiger partial charge in [0.1, 0.15) is 17.4 Å². The van der Waals surface area contributed by atoms with Crippen LogP contribution in [0.5, 0.6) is 5.75 Å². The van der Waals surface area contributed by atoms with Gasteiger partial charge in [-0.05, 0) is 44.9 Å². The minimum Gasteiger partial charge on any atom is -0.480 e. The first-order valence-electron chi connectivity index (χ1n) is 10.4. The second-order valence-electron chi connectivity index (χ2n) is 9.22. The van der Waals surface area contributed by atoms with Crippen molar-refractivity contribution in [3.63, 3.8) is 0 Å². The lowest BCUT2D eigenvalue weighted by Crippen LogP contribution is -2.56. The Kier molecular flexibility index (Phi) is 8.02. The molecule has 0 bridgehead atoms. The van der Waals surface area contributed by atoms with Crippen LogP contribution in [0, 0.1) is 11.3 Å². The summed E-state index contributed by atoms with van der Waals surface area (Å²) in [7, 11) is 0. The lowest BCUT2D eigenvalue weighted by molar-refractivity contribution is -0.166. The van der Waals surface area contributed by atoms with E-state index in [2.05, 4.69) is 5.32 Å². The summed E-state index contributed by atoms with van der Waals surface area (Å²) in [5.41, 5.74) is -1.10. The molecule has 0 aliphatic rings. The minimum atomic E-state index is -1.40. The van der Waals surface area contributed by atoms with Gasteiger partial charge in [0.15, 0.2) is 0 Å². The average molecular weight is 442 g/mol. The van der Waals surface area contributed by atoms with Crippen LogP contribution in [-0.4, -0.2) is 34.8 Å². The van der Waals surface area contributed by atoms with Gasteiger partial charge in [-0.1, -0.05) is 62.4 Å². The van der Waals surface area contributed by atoms with Gasteiger partial charge in [-0.3, -0.25) is 4.79 Å². The number of aliphatic carboxylic acids is 1. The molecule has 0 aliphatic heterocycles. The minimum absolute atomic E-state index is 0.252. The Morgan fingerprint density at radius 2 is 1.44 bits per heavy atom. The number of ether oxygens (including phenoxy) is 2. The number of carbonyl (C=O) groups excluding carboxylic acids is 2. The first kappa shape index (κ1) is 24.9. The molecule has 7 heteroatoms. The maximum absolute atomic E-state index is 13.2. The molecule has 2 aromatic rings. The zero-order valence-corrected chi connectivity index (χ0v) is 19.1. The van der Waals surface area contributed by atoms with E-state index < -0.39 is 41.0 Å². The van der Waals surface area contributed by atoms with Crippen molar-refractivity contribution < 1.29 is 29.0 Å². The number of carboxylic acid groups (broad SMARTS) is 1. The number of esters is 1. The molecule has 172 valence electrons. The lowest BCUT2D eigenvalue weighted by Gasteiger charge is -2.38. The predicted molar refractivity (Wildman–Crippen MR) is 120 cm³/mol. The Bertz CT molecular complexity index is 918. The highest BCUT2D eigenvalue weighted by Crippen LogP contribution is 2.36. The van der Waals surface area contributed by atoms with Gasteiger partial charge in [0, 0.05) is 5.41 Å². The van der Waals surface area contributed by atoms with Crippen molar-refractivity contribution in [2.45, 2.75) is 52.7 Å². The van der Waals surface area contributed by atoms with Crippen LogP contribution in [0.15, 0.2) is 60.7 Å². The summed E-state index contributed by atoms with van der Waals surface area (Å²) in [6.07, 6.45) is -0.665. The van der Waals surface area contributed by atoms with Crippen LogP contribution in [0.4, 0.5) is 4.79 Å². The fraction of sp³-hybridized carbons (Fsp3) is 0.400. The van der Waals surface area contributed by atoms with Crippen molar-refractivity contribution in [2.75, 3.05) is 0 Å². The van der Waals surface area contributed by atoms with Crippen molar-refractivity contribution in [3.8, 4) is 5.75 Å². The molecule has 0 aliphatic carbocycles. The van der Waals surface area contributed by atoms with E-state index in [4.69, 9.17) is 9.47 Å². The molecular formula is C25H31NO6. The highest BCUT2D eigenvalue weighted by molar-refractivity contribution is 5.83. The zero-order valence-electron chi connectivity index (χ0n) is 19.1. The number of hydrogen-bond acceptors (Lipinski definition) is 5. The normalized spacial score (nSPS) is 13.5. The molecule has 0 spiro atoms. The summed E-state index contributed by atoms with van der Waals surface area (Å²) in [5.74, 6) is -2.38. The fourth-order valence-corrected chi connectivity index (χ4v) is 3.38. The second-order valence-corrected chi connectivity index (χ2v) is 9.22. The lowest BCUT2D eigenvalue weighted by atomic mass is 9.70. The molecule has 0 fully saturated rings. The maximum atomic E-state index is 13.2. The van der Waals surface area contributed by atoms with Crippen LogP contribution in [0.1, 0.15) is 40.2 Å². The van der Waals surface area contributed by atoms with Crippen LogP contribution in [-0.2, 0) is 20.7 Å². The van der Waals surface area contributed by atoms with Crippen molar-refractivity contribution in [1.29, 1.82) is 0 Å². The topological polar surface area (TPSA) is 102 Å². The Hall–Kier alpha value is -3.35. The van der Waals surface area contributed by atoms with Crippen LogP contribution in [0.25, 0.3) is 0 Å². The molecule has 0 saturated heterocycles. The van der Waals surface area contributed by atoms with E-state index in [1.54, 1.807) is 65.0 Å². The summed E-state index contributed by atoms with van der Waals surface area (Å²) in [5, 5.41) is 12.4. The zero-order chi connectivity index (χ0) is 23.9. The number of para-hydroxylation sites is 1. The molecule has 2 N–H and O–H groups in total. The standard InChI is InChI=1S/C25H31NO6/c1-24(2,3)32-22(29)19(16-17-12-8-6-9-13-17)25(4,5)20(21(27)28)26-23(30)31-18-14-10-7-11-15-18/h6-15,19-20H,16H2,1-5H3,(H,26,30)(H,27,28)/t19-,20-/m0/s1. The number of amides is 1. The molecule has 0 aromatic heterocycles. The molecule has 32 heavy (non-hydrogen) atoms. The molecule has 0 unspecified atom stereocenters. The van der Waals surface area contributed by atoms with E-state index in [0.29, 0.717) is 0 Å². The Morgan fingerprint density at radius 1 is 0.906 bits per heavy atom. The third-order valence-corrected chi connectivity index (χ3v) is 5.08. The van der Waals surface area contributed by atoms with Gasteiger partial charge in [0.2, 0.25) is 0 Å². The van der Waals surface area contributed by atoms with Gasteiger partial charge >= 0.3 is 18.0 Å². The Balaban J connectivity index is 2.32. The molecule has 2 atom stereocenters. The van der Waals surface area contributed by atoms with Crippen molar-refractivity contribution in [1.82, 2.24) is 5.32 Å². The van der Waals surface area contributed by atoms with E-state index in [9.17, 15) is 19.5 Å². The number of hydrogen-bond donors (Lipinski definition) is 2. The van der Waals surface area contributed by atoms with Crippen LogP contribution < -0.4 is 10.1 Å². The number of nitrogens with one attached hydrogen (secondary N) is 1. The summed E-state index contributed by atoms with van der Waals surface area (Å²) in [6.45, 7) is 8.52. The quantitative estimate of drug-likeness (QED) is 0.587. The van der Waals surface area contributed by atoms with Crippen molar-refractivity contribution in [3.05, 3.63) is 66.2 Å². The van der Waals surface area contributed by atoms with E-state index in [0.717, 1.165) is 5.56 Å². The molecule has 0 heterocycles. The van der Waals surface area contributed by atoms with E-state index in [1.807, 2.05) is 30.3 Å². The van der Waals surface area contributed by atoms with Crippen molar-refractivity contribution in [2.24, 2.45) is 11.3 Å². The molecule has 2 aromatic carbocycles. The number of carboxylic acids is 1. The van der Waals surface area contributed by atoms with Crippen LogP contribution in [0.3, 0.4) is 0 Å². The third kappa shape index (κ3) is 7.11. The average Bonchev–Trinajstić information content (AvgIpc) is 2.70. The van der Waals surface area contributed by atoms with E-state index in [1.165, 1.54) is 0 Å². The summed E-state index contributed by atoms with van der Waals surface area (Å²) in [6, 6.07) is 16.2. The molecule has 2 rings (SSSR count). The van der Waals surface area contributed by atoms with Crippen molar-refractivity contribution >= 4 is 18.0 Å². The number of carbonyl (C=O) groups is 3. The van der Waals surface area contributed by atoms with Gasteiger partial charge in [-0.2, -0.15) is 0 Å². The number of benzene rings is 2. The smallest absolute Gasteiger partial charge is 0.413 e. The van der Waals surface area contributed by atoms with E-state index >= 15 is 0 Å².